The highest BCUT2D eigenvalue weighted by molar-refractivity contribution is 6.20. The molecule has 0 aliphatic carbocycles. The Morgan fingerprint density at radius 2 is 0.949 bits per heavy atom. The average molecular weight is 499 g/mol. The van der Waals surface area contributed by atoms with E-state index in [4.69, 9.17) is 14.4 Å². The lowest BCUT2D eigenvalue weighted by atomic mass is 9.95. The van der Waals surface area contributed by atoms with Gasteiger partial charge in [-0.05, 0) is 40.8 Å². The Balaban J connectivity index is 1.47. The van der Waals surface area contributed by atoms with Gasteiger partial charge in [0.25, 0.3) is 0 Å². The maximum absolute atomic E-state index is 6.78. The highest BCUT2D eigenvalue weighted by atomic mass is 16.3. The van der Waals surface area contributed by atoms with Crippen LogP contribution in [0, 0.1) is 0 Å². The minimum atomic E-state index is 0.817. The van der Waals surface area contributed by atoms with Crippen LogP contribution in [-0.4, -0.2) is 9.97 Å². The summed E-state index contributed by atoms with van der Waals surface area (Å²) < 4.78 is 6.78. The maximum Gasteiger partial charge on any atom is 0.144 e. The van der Waals surface area contributed by atoms with Crippen LogP contribution in [0.1, 0.15) is 0 Å². The SMILES string of the molecule is c1ccc(-c2nc3ccccc3nc2-c2cccc3c2oc2c4ccccc4c(-c4ccccc4)cc32)cc1. The summed E-state index contributed by atoms with van der Waals surface area (Å²) in [4.78, 5) is 10.2. The molecule has 0 amide bonds. The molecule has 3 heteroatoms. The van der Waals surface area contributed by atoms with E-state index in [1.54, 1.807) is 0 Å². The Morgan fingerprint density at radius 1 is 0.385 bits per heavy atom. The van der Waals surface area contributed by atoms with E-state index >= 15 is 0 Å². The Labute approximate surface area is 225 Å². The fourth-order valence-corrected chi connectivity index (χ4v) is 5.65. The summed E-state index contributed by atoms with van der Waals surface area (Å²) in [6.45, 7) is 0. The Kier molecular flexibility index (Phi) is 4.82. The lowest BCUT2D eigenvalue weighted by molar-refractivity contribution is 0.673. The van der Waals surface area contributed by atoms with Gasteiger partial charge in [-0.15, -0.1) is 0 Å². The number of furan rings is 1. The molecule has 6 aromatic carbocycles. The van der Waals surface area contributed by atoms with Gasteiger partial charge >= 0.3 is 0 Å². The average Bonchev–Trinajstić information content (AvgIpc) is 3.40. The standard InChI is InChI=1S/C36H22N2O/c1-3-12-23(13-4-1)29-22-30-27-18-11-19-28(35(27)39-36(30)26-17-8-7-16-25(26)29)34-33(24-14-5-2-6-15-24)37-31-20-9-10-21-32(31)38-34/h1-22H. The van der Waals surface area contributed by atoms with Crippen molar-refractivity contribution < 1.29 is 4.42 Å². The minimum absolute atomic E-state index is 0.817. The predicted octanol–water partition coefficient (Wildman–Crippen LogP) is 9.68. The number of para-hydroxylation sites is 3. The number of rotatable bonds is 3. The molecule has 0 bridgehead atoms. The molecule has 0 unspecified atom stereocenters. The van der Waals surface area contributed by atoms with Gasteiger partial charge < -0.3 is 4.42 Å². The highest BCUT2D eigenvalue weighted by Gasteiger charge is 2.20. The van der Waals surface area contributed by atoms with Crippen molar-refractivity contribution in [1.29, 1.82) is 0 Å². The van der Waals surface area contributed by atoms with E-state index in [9.17, 15) is 0 Å². The van der Waals surface area contributed by atoms with Crippen molar-refractivity contribution in [2.24, 2.45) is 0 Å². The molecule has 0 aliphatic rings. The molecular formula is C36H22N2O. The van der Waals surface area contributed by atoms with Crippen LogP contribution < -0.4 is 0 Å². The largest absolute Gasteiger partial charge is 0.455 e. The minimum Gasteiger partial charge on any atom is -0.455 e. The van der Waals surface area contributed by atoms with E-state index in [-0.39, 0.29) is 0 Å². The molecule has 182 valence electrons. The molecule has 3 nitrogen and oxygen atoms in total. The number of nitrogens with zero attached hydrogens (tertiary/aromatic N) is 2. The van der Waals surface area contributed by atoms with Crippen LogP contribution in [-0.2, 0) is 0 Å². The van der Waals surface area contributed by atoms with Crippen LogP contribution >= 0.6 is 0 Å². The molecule has 0 N–H and O–H groups in total. The summed E-state index contributed by atoms with van der Waals surface area (Å²) in [7, 11) is 0. The first-order valence-corrected chi connectivity index (χ1v) is 13.1. The van der Waals surface area contributed by atoms with Crippen molar-refractivity contribution in [2.45, 2.75) is 0 Å². The first kappa shape index (κ1) is 21.8. The van der Waals surface area contributed by atoms with Crippen molar-refractivity contribution in [3.63, 3.8) is 0 Å². The Bertz CT molecular complexity index is 2160. The smallest absolute Gasteiger partial charge is 0.144 e. The highest BCUT2D eigenvalue weighted by Crippen LogP contribution is 2.43. The quantitative estimate of drug-likeness (QED) is 0.243. The van der Waals surface area contributed by atoms with E-state index in [2.05, 4.69) is 91.0 Å². The Morgan fingerprint density at radius 3 is 1.69 bits per heavy atom. The second kappa shape index (κ2) is 8.64. The van der Waals surface area contributed by atoms with Crippen molar-refractivity contribution >= 4 is 43.7 Å². The molecule has 0 radical (unpaired) electrons. The monoisotopic (exact) mass is 498 g/mol. The molecule has 8 aromatic rings. The predicted molar refractivity (Wildman–Crippen MR) is 161 cm³/mol. The van der Waals surface area contributed by atoms with Crippen LogP contribution in [0.4, 0.5) is 0 Å². The van der Waals surface area contributed by atoms with Gasteiger partial charge in [0, 0.05) is 27.3 Å². The molecular weight excluding hydrogens is 476 g/mol. The van der Waals surface area contributed by atoms with Crippen molar-refractivity contribution in [3.8, 4) is 33.6 Å². The van der Waals surface area contributed by atoms with Crippen molar-refractivity contribution in [2.75, 3.05) is 0 Å². The first-order valence-electron chi connectivity index (χ1n) is 13.1. The van der Waals surface area contributed by atoms with Crippen molar-refractivity contribution in [1.82, 2.24) is 9.97 Å². The fraction of sp³-hybridized carbons (Fsp3) is 0. The van der Waals surface area contributed by atoms with Crippen LogP contribution in [0.5, 0.6) is 0 Å². The lowest BCUT2D eigenvalue weighted by Crippen LogP contribution is -1.95. The van der Waals surface area contributed by atoms with E-state index < -0.39 is 0 Å². The molecule has 0 saturated heterocycles. The van der Waals surface area contributed by atoms with Gasteiger partial charge in [0.2, 0.25) is 0 Å². The molecule has 39 heavy (non-hydrogen) atoms. The lowest BCUT2D eigenvalue weighted by Gasteiger charge is -2.11. The summed E-state index contributed by atoms with van der Waals surface area (Å²) in [6.07, 6.45) is 0. The summed E-state index contributed by atoms with van der Waals surface area (Å²) in [6, 6.07) is 45.9. The number of fused-ring (bicyclic) bond motifs is 6. The molecule has 0 aliphatic heterocycles. The molecule has 8 rings (SSSR count). The number of aromatic nitrogens is 2. The van der Waals surface area contributed by atoms with Gasteiger partial charge in [0.05, 0.1) is 16.7 Å². The third-order valence-electron chi connectivity index (χ3n) is 7.46. The third-order valence-corrected chi connectivity index (χ3v) is 7.46. The summed E-state index contributed by atoms with van der Waals surface area (Å²) in [5.41, 5.74) is 9.45. The molecule has 0 spiro atoms. The van der Waals surface area contributed by atoms with Gasteiger partial charge in [-0.1, -0.05) is 109 Å². The zero-order valence-corrected chi connectivity index (χ0v) is 21.0. The number of hydrogen-bond donors (Lipinski definition) is 0. The van der Waals surface area contributed by atoms with Crippen LogP contribution in [0.15, 0.2) is 138 Å². The third kappa shape index (κ3) is 3.44. The summed E-state index contributed by atoms with van der Waals surface area (Å²) >= 11 is 0. The molecule has 0 atom stereocenters. The normalized spacial score (nSPS) is 11.6. The second-order valence-electron chi connectivity index (χ2n) is 9.77. The Hall–Kier alpha value is -5.28. The van der Waals surface area contributed by atoms with Crippen LogP contribution in [0.25, 0.3) is 77.4 Å². The number of benzene rings is 6. The summed E-state index contributed by atoms with van der Waals surface area (Å²) in [5.74, 6) is 0. The van der Waals surface area contributed by atoms with E-state index in [1.807, 2.05) is 42.5 Å². The maximum atomic E-state index is 6.78. The zero-order chi connectivity index (χ0) is 25.8. The van der Waals surface area contributed by atoms with Crippen LogP contribution in [0.3, 0.4) is 0 Å². The zero-order valence-electron chi connectivity index (χ0n) is 21.0. The van der Waals surface area contributed by atoms with Gasteiger partial charge in [0.1, 0.15) is 16.9 Å². The van der Waals surface area contributed by atoms with Gasteiger partial charge in [0.15, 0.2) is 0 Å². The molecule has 0 fully saturated rings. The van der Waals surface area contributed by atoms with Crippen LogP contribution in [0.2, 0.25) is 0 Å². The van der Waals surface area contributed by atoms with E-state index in [0.717, 1.165) is 60.9 Å². The van der Waals surface area contributed by atoms with Gasteiger partial charge in [-0.25, -0.2) is 9.97 Å². The first-order chi connectivity index (χ1) is 19.3. The van der Waals surface area contributed by atoms with Gasteiger partial charge in [-0.2, -0.15) is 0 Å². The topological polar surface area (TPSA) is 38.9 Å². The molecule has 2 aromatic heterocycles. The molecule has 0 saturated carbocycles. The van der Waals surface area contributed by atoms with Crippen molar-refractivity contribution in [3.05, 3.63) is 133 Å². The van der Waals surface area contributed by atoms with E-state index in [1.165, 1.54) is 16.5 Å². The number of hydrogen-bond acceptors (Lipinski definition) is 3. The van der Waals surface area contributed by atoms with Gasteiger partial charge in [-0.3, -0.25) is 0 Å². The summed E-state index contributed by atoms with van der Waals surface area (Å²) in [5, 5.41) is 4.44. The second-order valence-corrected chi connectivity index (χ2v) is 9.77. The van der Waals surface area contributed by atoms with E-state index in [0.29, 0.717) is 0 Å². The fourth-order valence-electron chi connectivity index (χ4n) is 5.65. The molecule has 2 heterocycles.